The van der Waals surface area contributed by atoms with Crippen LogP contribution < -0.4 is 5.32 Å². The Morgan fingerprint density at radius 1 is 1.44 bits per heavy atom. The maximum Gasteiger partial charge on any atom is 0.214 e. The summed E-state index contributed by atoms with van der Waals surface area (Å²) >= 11 is 0. The van der Waals surface area contributed by atoms with E-state index in [9.17, 15) is 8.42 Å². The van der Waals surface area contributed by atoms with Crippen molar-refractivity contribution in [1.29, 1.82) is 0 Å². The van der Waals surface area contributed by atoms with Crippen LogP contribution in [0.5, 0.6) is 0 Å². The molecule has 1 aliphatic rings. The number of rotatable bonds is 4. The molecule has 5 heteroatoms. The maximum atomic E-state index is 12.2. The normalized spacial score (nSPS) is 26.9. The molecule has 0 aromatic rings. The van der Waals surface area contributed by atoms with E-state index in [0.717, 1.165) is 19.4 Å². The van der Waals surface area contributed by atoms with E-state index in [0.29, 0.717) is 6.54 Å². The molecule has 1 aliphatic heterocycles. The SMILES string of the molecule is CCCCS(=O)(=O)N1CC(C)NCC1(C)C. The summed E-state index contributed by atoms with van der Waals surface area (Å²) in [5, 5.41) is 3.32. The Balaban J connectivity index is 2.82. The lowest BCUT2D eigenvalue weighted by molar-refractivity contribution is 0.158. The summed E-state index contributed by atoms with van der Waals surface area (Å²) in [6.07, 6.45) is 1.66. The number of nitrogens with one attached hydrogen (secondary N) is 1. The summed E-state index contributed by atoms with van der Waals surface area (Å²) < 4.78 is 26.1. The Hall–Kier alpha value is -0.130. The van der Waals surface area contributed by atoms with Gasteiger partial charge >= 0.3 is 0 Å². The lowest BCUT2D eigenvalue weighted by Crippen LogP contribution is -2.63. The van der Waals surface area contributed by atoms with Crippen molar-refractivity contribution in [3.63, 3.8) is 0 Å². The highest BCUT2D eigenvalue weighted by molar-refractivity contribution is 7.89. The fraction of sp³-hybridized carbons (Fsp3) is 1.00. The van der Waals surface area contributed by atoms with Gasteiger partial charge in [0, 0.05) is 24.7 Å². The van der Waals surface area contributed by atoms with Crippen molar-refractivity contribution in [3.8, 4) is 0 Å². The molecule has 1 saturated heterocycles. The molecule has 16 heavy (non-hydrogen) atoms. The number of hydrogen-bond donors (Lipinski definition) is 1. The van der Waals surface area contributed by atoms with E-state index in [1.165, 1.54) is 0 Å². The molecule has 4 nitrogen and oxygen atoms in total. The van der Waals surface area contributed by atoms with Gasteiger partial charge in [-0.15, -0.1) is 0 Å². The van der Waals surface area contributed by atoms with E-state index in [2.05, 4.69) is 5.32 Å². The number of unbranched alkanes of at least 4 members (excludes halogenated alkanes) is 1. The van der Waals surface area contributed by atoms with Crippen LogP contribution >= 0.6 is 0 Å². The van der Waals surface area contributed by atoms with E-state index in [1.807, 2.05) is 27.7 Å². The number of piperazine rings is 1. The summed E-state index contributed by atoms with van der Waals surface area (Å²) in [5.41, 5.74) is -0.306. The molecule has 0 aliphatic carbocycles. The minimum absolute atomic E-state index is 0.240. The molecule has 1 fully saturated rings. The van der Waals surface area contributed by atoms with Crippen molar-refractivity contribution < 1.29 is 8.42 Å². The average molecular weight is 248 g/mol. The molecule has 1 rings (SSSR count). The van der Waals surface area contributed by atoms with Gasteiger partial charge in [0.15, 0.2) is 0 Å². The first-order valence-corrected chi connectivity index (χ1v) is 7.64. The van der Waals surface area contributed by atoms with Gasteiger partial charge in [-0.1, -0.05) is 13.3 Å². The van der Waals surface area contributed by atoms with Crippen LogP contribution in [-0.2, 0) is 10.0 Å². The van der Waals surface area contributed by atoms with Gasteiger partial charge in [-0.2, -0.15) is 4.31 Å². The second-order valence-corrected chi connectivity index (χ2v) is 7.31. The molecular formula is C11H24N2O2S. The first-order chi connectivity index (χ1) is 7.29. The summed E-state index contributed by atoms with van der Waals surface area (Å²) in [5.74, 6) is 0.277. The van der Waals surface area contributed by atoms with E-state index in [-0.39, 0.29) is 17.3 Å². The van der Waals surface area contributed by atoms with Gasteiger partial charge in [-0.05, 0) is 27.2 Å². The van der Waals surface area contributed by atoms with Crippen molar-refractivity contribution in [2.45, 2.75) is 52.1 Å². The highest BCUT2D eigenvalue weighted by atomic mass is 32.2. The quantitative estimate of drug-likeness (QED) is 0.813. The Labute approximate surface area is 99.5 Å². The predicted molar refractivity (Wildman–Crippen MR) is 66.9 cm³/mol. The van der Waals surface area contributed by atoms with E-state index in [1.54, 1.807) is 4.31 Å². The van der Waals surface area contributed by atoms with Crippen LogP contribution in [0.15, 0.2) is 0 Å². The van der Waals surface area contributed by atoms with Crippen LogP contribution in [0.3, 0.4) is 0 Å². The monoisotopic (exact) mass is 248 g/mol. The highest BCUT2D eigenvalue weighted by Gasteiger charge is 2.39. The van der Waals surface area contributed by atoms with Crippen molar-refractivity contribution in [2.75, 3.05) is 18.8 Å². The van der Waals surface area contributed by atoms with Gasteiger partial charge in [-0.25, -0.2) is 8.42 Å². The molecule has 1 unspecified atom stereocenters. The van der Waals surface area contributed by atoms with Gasteiger partial charge in [0.05, 0.1) is 5.75 Å². The van der Waals surface area contributed by atoms with Crippen LogP contribution in [0.25, 0.3) is 0 Å². The third kappa shape index (κ3) is 3.18. The van der Waals surface area contributed by atoms with Crippen molar-refractivity contribution in [2.24, 2.45) is 0 Å². The molecule has 0 aromatic carbocycles. The zero-order chi connectivity index (χ0) is 12.4. The van der Waals surface area contributed by atoms with E-state index in [4.69, 9.17) is 0 Å². The van der Waals surface area contributed by atoms with Crippen molar-refractivity contribution in [1.82, 2.24) is 9.62 Å². The van der Waals surface area contributed by atoms with Crippen LogP contribution in [-0.4, -0.2) is 43.1 Å². The first kappa shape index (κ1) is 13.9. The standard InChI is InChI=1S/C11H24N2O2S/c1-5-6-7-16(14,15)13-8-10(2)12-9-11(13,3)4/h10,12H,5-9H2,1-4H3. The van der Waals surface area contributed by atoms with E-state index >= 15 is 0 Å². The molecule has 0 spiro atoms. The molecule has 0 aromatic heterocycles. The van der Waals surface area contributed by atoms with Gasteiger partial charge < -0.3 is 5.32 Å². The summed E-state index contributed by atoms with van der Waals surface area (Å²) in [6.45, 7) is 9.31. The van der Waals surface area contributed by atoms with Crippen LogP contribution in [0.4, 0.5) is 0 Å². The largest absolute Gasteiger partial charge is 0.311 e. The summed E-state index contributed by atoms with van der Waals surface area (Å²) in [6, 6.07) is 0.240. The number of nitrogens with zero attached hydrogens (tertiary/aromatic N) is 1. The Kier molecular flexibility index (Phi) is 4.37. The minimum Gasteiger partial charge on any atom is -0.311 e. The van der Waals surface area contributed by atoms with Crippen LogP contribution in [0.1, 0.15) is 40.5 Å². The predicted octanol–water partition coefficient (Wildman–Crippen LogP) is 1.19. The Bertz CT molecular complexity index is 325. The first-order valence-electron chi connectivity index (χ1n) is 6.03. The summed E-state index contributed by atoms with van der Waals surface area (Å²) in [4.78, 5) is 0. The smallest absolute Gasteiger partial charge is 0.214 e. The third-order valence-corrected chi connectivity index (χ3v) is 5.21. The molecular weight excluding hydrogens is 224 g/mol. The molecule has 0 radical (unpaired) electrons. The van der Waals surface area contributed by atoms with Gasteiger partial charge in [0.2, 0.25) is 10.0 Å². The molecule has 1 atom stereocenters. The zero-order valence-electron chi connectivity index (χ0n) is 10.8. The molecule has 96 valence electrons. The number of sulfonamides is 1. The van der Waals surface area contributed by atoms with Crippen LogP contribution in [0.2, 0.25) is 0 Å². The van der Waals surface area contributed by atoms with Gasteiger partial charge in [-0.3, -0.25) is 0 Å². The maximum absolute atomic E-state index is 12.2. The Morgan fingerprint density at radius 3 is 2.62 bits per heavy atom. The zero-order valence-corrected chi connectivity index (χ0v) is 11.6. The summed E-state index contributed by atoms with van der Waals surface area (Å²) in [7, 11) is -3.09. The molecule has 0 saturated carbocycles. The lowest BCUT2D eigenvalue weighted by Gasteiger charge is -2.44. The topological polar surface area (TPSA) is 49.4 Å². The molecule has 0 amide bonds. The highest BCUT2D eigenvalue weighted by Crippen LogP contribution is 2.23. The molecule has 1 heterocycles. The second-order valence-electron chi connectivity index (χ2n) is 5.30. The minimum atomic E-state index is -3.09. The third-order valence-electron chi connectivity index (χ3n) is 3.09. The van der Waals surface area contributed by atoms with Crippen LogP contribution in [0, 0.1) is 0 Å². The Morgan fingerprint density at radius 2 is 2.06 bits per heavy atom. The average Bonchev–Trinajstić information content (AvgIpc) is 2.19. The van der Waals surface area contributed by atoms with Gasteiger partial charge in [0.1, 0.15) is 0 Å². The van der Waals surface area contributed by atoms with Gasteiger partial charge in [0.25, 0.3) is 0 Å². The molecule has 1 N–H and O–H groups in total. The second kappa shape index (κ2) is 5.02. The lowest BCUT2D eigenvalue weighted by atomic mass is 10.0. The van der Waals surface area contributed by atoms with Crippen molar-refractivity contribution >= 4 is 10.0 Å². The number of hydrogen-bond acceptors (Lipinski definition) is 3. The fourth-order valence-electron chi connectivity index (χ4n) is 2.00. The van der Waals surface area contributed by atoms with E-state index < -0.39 is 10.0 Å². The molecule has 0 bridgehead atoms. The fourth-order valence-corrected chi connectivity index (χ4v) is 4.14. The van der Waals surface area contributed by atoms with Crippen molar-refractivity contribution in [3.05, 3.63) is 0 Å².